The Hall–Kier alpha value is -3.78. The minimum absolute atomic E-state index is 0.252. The fourth-order valence-corrected chi connectivity index (χ4v) is 5.50. The highest BCUT2D eigenvalue weighted by atomic mass is 35.5. The van der Waals surface area contributed by atoms with Crippen molar-refractivity contribution in [3.63, 3.8) is 0 Å². The number of hydrogen-bond acceptors (Lipinski definition) is 4. The first-order valence-corrected chi connectivity index (χ1v) is 14.2. The zero-order valence-electron chi connectivity index (χ0n) is 23.2. The Balaban J connectivity index is 1.22. The zero-order valence-corrected chi connectivity index (χ0v) is 24.7. The number of benzene rings is 3. The summed E-state index contributed by atoms with van der Waals surface area (Å²) in [5.74, 6) is 0.103. The van der Waals surface area contributed by atoms with Gasteiger partial charge in [-0.2, -0.15) is 5.10 Å². The lowest BCUT2D eigenvalue weighted by Crippen LogP contribution is -2.19. The predicted molar refractivity (Wildman–Crippen MR) is 164 cm³/mol. The second kappa shape index (κ2) is 12.4. The highest BCUT2D eigenvalue weighted by molar-refractivity contribution is 6.37. The van der Waals surface area contributed by atoms with Gasteiger partial charge in [0.25, 0.3) is 0 Å². The van der Waals surface area contributed by atoms with Crippen LogP contribution in [0.25, 0.3) is 16.6 Å². The molecular weight excluding hydrogens is 559 g/mol. The second-order valence-electron chi connectivity index (χ2n) is 10.3. The van der Waals surface area contributed by atoms with Crippen molar-refractivity contribution in [3.8, 4) is 11.4 Å². The number of aromatic nitrogens is 3. The maximum absolute atomic E-state index is 11.3. The number of para-hydroxylation sites is 1. The van der Waals surface area contributed by atoms with Crippen LogP contribution < -0.4 is 10.1 Å². The first-order chi connectivity index (χ1) is 19.7. The normalized spacial score (nSPS) is 11.5. The van der Waals surface area contributed by atoms with Crippen molar-refractivity contribution >= 4 is 40.1 Å². The summed E-state index contributed by atoms with van der Waals surface area (Å²) in [6.07, 6.45) is 3.84. The van der Waals surface area contributed by atoms with Gasteiger partial charge in [-0.3, -0.25) is 0 Å². The molecular formula is C32H32Cl2N4O3. The molecule has 5 aromatic rings. The van der Waals surface area contributed by atoms with Crippen LogP contribution in [-0.2, 0) is 19.7 Å². The third kappa shape index (κ3) is 6.27. The topological polar surface area (TPSA) is 81.3 Å². The molecule has 0 atom stereocenters. The van der Waals surface area contributed by atoms with Gasteiger partial charge in [0.1, 0.15) is 18.0 Å². The minimum Gasteiger partial charge on any atom is -0.487 e. The fourth-order valence-electron chi connectivity index (χ4n) is 4.94. The van der Waals surface area contributed by atoms with Crippen molar-refractivity contribution in [3.05, 3.63) is 111 Å². The van der Waals surface area contributed by atoms with Crippen LogP contribution in [0.2, 0.25) is 10.0 Å². The molecule has 5 rings (SSSR count). The average Bonchev–Trinajstić information content (AvgIpc) is 3.54. The van der Waals surface area contributed by atoms with E-state index in [4.69, 9.17) is 27.9 Å². The Labute approximate surface area is 249 Å². The van der Waals surface area contributed by atoms with E-state index in [0.29, 0.717) is 34.4 Å². The van der Waals surface area contributed by atoms with Crippen LogP contribution in [0.5, 0.6) is 5.75 Å². The standard InChI is InChI=1S/C32H32Cl2N4O3/c1-20(2)26-18-36-38(31-27(33)5-4-6-28(31)34)30(26)19-41-25-10-9-24(21(3)15-25)17-35-12-14-37-13-11-22-7-8-23(32(39)40)16-29(22)37/h4-11,13,15-16,18,20,35H,12,14,17,19H2,1-3H3,(H,39,40). The van der Waals surface area contributed by atoms with Crippen LogP contribution >= 0.6 is 23.2 Å². The average molecular weight is 592 g/mol. The number of carboxylic acids is 1. The van der Waals surface area contributed by atoms with Crippen molar-refractivity contribution in [2.24, 2.45) is 0 Å². The lowest BCUT2D eigenvalue weighted by molar-refractivity contribution is 0.0697. The van der Waals surface area contributed by atoms with E-state index in [2.05, 4.69) is 41.8 Å². The molecule has 2 N–H and O–H groups in total. The number of carboxylic acid groups (broad SMARTS) is 1. The molecule has 0 bridgehead atoms. The number of aryl methyl sites for hydroxylation is 1. The smallest absolute Gasteiger partial charge is 0.335 e. The quantitative estimate of drug-likeness (QED) is 0.154. The maximum Gasteiger partial charge on any atom is 0.335 e. The van der Waals surface area contributed by atoms with Gasteiger partial charge in [0.05, 0.1) is 27.5 Å². The number of carbonyl (C=O) groups is 1. The number of ether oxygens (including phenoxy) is 1. The third-order valence-corrected chi connectivity index (χ3v) is 7.84. The highest BCUT2D eigenvalue weighted by Crippen LogP contribution is 2.32. The van der Waals surface area contributed by atoms with E-state index in [1.165, 1.54) is 5.56 Å². The molecule has 2 aromatic heterocycles. The van der Waals surface area contributed by atoms with E-state index in [9.17, 15) is 9.90 Å². The first-order valence-electron chi connectivity index (χ1n) is 13.5. The molecule has 0 saturated heterocycles. The summed E-state index contributed by atoms with van der Waals surface area (Å²) in [7, 11) is 0. The van der Waals surface area contributed by atoms with E-state index in [-0.39, 0.29) is 5.92 Å². The minimum atomic E-state index is -0.920. The molecule has 2 heterocycles. The molecule has 9 heteroatoms. The molecule has 0 unspecified atom stereocenters. The number of fused-ring (bicyclic) bond motifs is 1. The van der Waals surface area contributed by atoms with Crippen LogP contribution in [0, 0.1) is 6.92 Å². The molecule has 0 amide bonds. The number of nitrogens with one attached hydrogen (secondary N) is 1. The molecule has 0 aliphatic heterocycles. The summed E-state index contributed by atoms with van der Waals surface area (Å²) in [5, 5.41) is 19.5. The highest BCUT2D eigenvalue weighted by Gasteiger charge is 2.19. The Bertz CT molecular complexity index is 1690. The summed E-state index contributed by atoms with van der Waals surface area (Å²) >= 11 is 13.0. The van der Waals surface area contributed by atoms with Crippen molar-refractivity contribution < 1.29 is 14.6 Å². The molecule has 3 aromatic carbocycles. The number of hydrogen-bond donors (Lipinski definition) is 2. The van der Waals surface area contributed by atoms with Crippen LogP contribution in [-0.4, -0.2) is 32.0 Å². The van der Waals surface area contributed by atoms with Crippen LogP contribution in [0.4, 0.5) is 0 Å². The molecule has 212 valence electrons. The fraction of sp³-hybridized carbons (Fsp3) is 0.250. The maximum atomic E-state index is 11.3. The Kier molecular flexibility index (Phi) is 8.68. The summed E-state index contributed by atoms with van der Waals surface area (Å²) in [5.41, 5.74) is 6.15. The van der Waals surface area contributed by atoms with Crippen LogP contribution in [0.15, 0.2) is 73.1 Å². The van der Waals surface area contributed by atoms with Crippen molar-refractivity contribution in [1.82, 2.24) is 19.7 Å². The molecule has 41 heavy (non-hydrogen) atoms. The Morgan fingerprint density at radius 1 is 1.07 bits per heavy atom. The van der Waals surface area contributed by atoms with Gasteiger partial charge < -0.3 is 19.7 Å². The molecule has 0 fully saturated rings. The van der Waals surface area contributed by atoms with E-state index in [1.807, 2.05) is 42.7 Å². The van der Waals surface area contributed by atoms with Gasteiger partial charge in [-0.15, -0.1) is 0 Å². The zero-order chi connectivity index (χ0) is 29.1. The number of aromatic carboxylic acids is 1. The van der Waals surface area contributed by atoms with E-state index >= 15 is 0 Å². The number of nitrogens with zero attached hydrogens (tertiary/aromatic N) is 3. The largest absolute Gasteiger partial charge is 0.487 e. The van der Waals surface area contributed by atoms with Gasteiger partial charge in [-0.25, -0.2) is 9.48 Å². The first kappa shape index (κ1) is 28.7. The summed E-state index contributed by atoms with van der Waals surface area (Å²) in [6.45, 7) is 8.82. The summed E-state index contributed by atoms with van der Waals surface area (Å²) in [6, 6.07) is 18.7. The van der Waals surface area contributed by atoms with Gasteiger partial charge >= 0.3 is 5.97 Å². The van der Waals surface area contributed by atoms with Crippen LogP contribution in [0.3, 0.4) is 0 Å². The predicted octanol–water partition coefficient (Wildman–Crippen LogP) is 7.63. The van der Waals surface area contributed by atoms with E-state index < -0.39 is 5.97 Å². The van der Waals surface area contributed by atoms with Gasteiger partial charge in [0.2, 0.25) is 0 Å². The molecule has 7 nitrogen and oxygen atoms in total. The molecule has 0 saturated carbocycles. The SMILES string of the molecule is Cc1cc(OCc2c(C(C)C)cnn2-c2c(Cl)cccc2Cl)ccc1CNCCn1ccc2ccc(C(=O)O)cc21. The van der Waals surface area contributed by atoms with Crippen molar-refractivity contribution in [2.75, 3.05) is 6.54 Å². The number of rotatable bonds is 11. The van der Waals surface area contributed by atoms with Gasteiger partial charge in [0.15, 0.2) is 0 Å². The third-order valence-electron chi connectivity index (χ3n) is 7.23. The van der Waals surface area contributed by atoms with Gasteiger partial charge in [-0.05, 0) is 77.4 Å². The van der Waals surface area contributed by atoms with Crippen molar-refractivity contribution in [1.29, 1.82) is 0 Å². The second-order valence-corrected chi connectivity index (χ2v) is 11.1. The van der Waals surface area contributed by atoms with E-state index in [0.717, 1.165) is 46.6 Å². The summed E-state index contributed by atoms with van der Waals surface area (Å²) in [4.78, 5) is 11.3. The Morgan fingerprint density at radius 3 is 2.56 bits per heavy atom. The monoisotopic (exact) mass is 590 g/mol. The van der Waals surface area contributed by atoms with Gasteiger partial charge in [0, 0.05) is 31.3 Å². The van der Waals surface area contributed by atoms with Crippen LogP contribution in [0.1, 0.15) is 52.5 Å². The molecule has 0 radical (unpaired) electrons. The summed E-state index contributed by atoms with van der Waals surface area (Å²) < 4.78 is 10.1. The number of halogens is 2. The lowest BCUT2D eigenvalue weighted by atomic mass is 10.0. The van der Waals surface area contributed by atoms with E-state index in [1.54, 1.807) is 28.9 Å². The molecule has 0 aliphatic carbocycles. The van der Waals surface area contributed by atoms with Crippen molar-refractivity contribution in [2.45, 2.75) is 46.4 Å². The van der Waals surface area contributed by atoms with Gasteiger partial charge in [-0.1, -0.05) is 55.2 Å². The molecule has 0 aliphatic rings. The lowest BCUT2D eigenvalue weighted by Gasteiger charge is -2.16. The molecule has 0 spiro atoms. The Morgan fingerprint density at radius 2 is 1.85 bits per heavy atom.